The van der Waals surface area contributed by atoms with Crippen LogP contribution in [0.4, 0.5) is 23.2 Å². The van der Waals surface area contributed by atoms with Crippen LogP contribution in [0.3, 0.4) is 0 Å². The predicted molar refractivity (Wildman–Crippen MR) is 107 cm³/mol. The van der Waals surface area contributed by atoms with Crippen LogP contribution in [0, 0.1) is 23.3 Å². The molecule has 0 saturated heterocycles. The molecule has 0 aliphatic heterocycles. The molecule has 0 aromatic heterocycles. The van der Waals surface area contributed by atoms with Crippen LogP contribution in [-0.2, 0) is 4.79 Å². The molecule has 0 aliphatic rings. The Bertz CT molecular complexity index is 927. The van der Waals surface area contributed by atoms with Gasteiger partial charge in [-0.15, -0.1) is 11.8 Å². The van der Waals surface area contributed by atoms with E-state index in [2.05, 4.69) is 5.32 Å². The summed E-state index contributed by atoms with van der Waals surface area (Å²) in [5, 5.41) is 1.15. The summed E-state index contributed by atoms with van der Waals surface area (Å²) < 4.78 is 54.3. The molecule has 1 atom stereocenters. The van der Waals surface area contributed by atoms with Crippen molar-refractivity contribution in [3.63, 3.8) is 0 Å². The standard InChI is InChI=1S/C22H17F4NOS/c1-13(22(28)27-20-18(25)3-2-4-19(20)26)29-21(14-5-9-16(23)10-6-14)15-7-11-17(24)12-8-15/h2-13,21H,1H3,(H,27,28). The number of thioether (sulfide) groups is 1. The predicted octanol–water partition coefficient (Wildman–Crippen LogP) is 6.09. The molecule has 2 nitrogen and oxygen atoms in total. The van der Waals surface area contributed by atoms with Crippen molar-refractivity contribution in [3.05, 3.63) is 101 Å². The Labute approximate surface area is 170 Å². The van der Waals surface area contributed by atoms with Gasteiger partial charge >= 0.3 is 0 Å². The number of benzene rings is 3. The number of halogens is 4. The van der Waals surface area contributed by atoms with E-state index in [4.69, 9.17) is 0 Å². The largest absolute Gasteiger partial charge is 0.320 e. The second-order valence-corrected chi connectivity index (χ2v) is 7.80. The lowest BCUT2D eigenvalue weighted by molar-refractivity contribution is -0.115. The summed E-state index contributed by atoms with van der Waals surface area (Å²) >= 11 is 1.20. The van der Waals surface area contributed by atoms with Gasteiger partial charge in [-0.2, -0.15) is 0 Å². The highest BCUT2D eigenvalue weighted by Gasteiger charge is 2.24. The number of carbonyl (C=O) groups is 1. The molecule has 3 aromatic rings. The van der Waals surface area contributed by atoms with E-state index in [1.165, 1.54) is 42.1 Å². The number of anilines is 1. The summed E-state index contributed by atoms with van der Waals surface area (Å²) in [6, 6.07) is 14.8. The zero-order chi connectivity index (χ0) is 21.0. The van der Waals surface area contributed by atoms with Gasteiger partial charge in [0.2, 0.25) is 5.91 Å². The molecule has 0 spiro atoms. The number of hydrogen-bond donors (Lipinski definition) is 1. The molecule has 1 N–H and O–H groups in total. The quantitative estimate of drug-likeness (QED) is 0.490. The number of nitrogens with one attached hydrogen (secondary N) is 1. The highest BCUT2D eigenvalue weighted by Crippen LogP contribution is 2.39. The smallest absolute Gasteiger partial charge is 0.237 e. The zero-order valence-corrected chi connectivity index (χ0v) is 16.2. The van der Waals surface area contributed by atoms with Crippen molar-refractivity contribution in [2.45, 2.75) is 17.4 Å². The molecular weight excluding hydrogens is 402 g/mol. The molecule has 0 radical (unpaired) electrons. The van der Waals surface area contributed by atoms with Crippen molar-refractivity contribution in [2.24, 2.45) is 0 Å². The molecule has 0 saturated carbocycles. The van der Waals surface area contributed by atoms with Gasteiger partial charge in [0.25, 0.3) is 0 Å². The fraction of sp³-hybridized carbons (Fsp3) is 0.136. The van der Waals surface area contributed by atoms with Crippen molar-refractivity contribution in [2.75, 3.05) is 5.32 Å². The first-order valence-electron chi connectivity index (χ1n) is 8.76. The third kappa shape index (κ3) is 5.17. The molecule has 0 bridgehead atoms. The SMILES string of the molecule is CC(SC(c1ccc(F)cc1)c1ccc(F)cc1)C(=O)Nc1c(F)cccc1F. The minimum absolute atomic E-state index is 0.405. The van der Waals surface area contributed by atoms with Gasteiger partial charge in [-0.25, -0.2) is 17.6 Å². The van der Waals surface area contributed by atoms with Gasteiger partial charge in [0, 0.05) is 0 Å². The first-order chi connectivity index (χ1) is 13.8. The maximum absolute atomic E-state index is 13.8. The summed E-state index contributed by atoms with van der Waals surface area (Å²) in [4.78, 5) is 12.5. The second kappa shape index (κ2) is 9.13. The first kappa shape index (κ1) is 20.9. The Hall–Kier alpha value is -2.80. The third-order valence-electron chi connectivity index (χ3n) is 4.27. The summed E-state index contributed by atoms with van der Waals surface area (Å²) in [6.07, 6.45) is 0. The van der Waals surface area contributed by atoms with Crippen LogP contribution in [0.2, 0.25) is 0 Å². The van der Waals surface area contributed by atoms with Gasteiger partial charge in [0.1, 0.15) is 29.0 Å². The van der Waals surface area contributed by atoms with E-state index in [1.54, 1.807) is 31.2 Å². The first-order valence-corrected chi connectivity index (χ1v) is 9.70. The van der Waals surface area contributed by atoms with Gasteiger partial charge in [0.15, 0.2) is 0 Å². The van der Waals surface area contributed by atoms with Crippen molar-refractivity contribution < 1.29 is 22.4 Å². The van der Waals surface area contributed by atoms with Crippen LogP contribution >= 0.6 is 11.8 Å². The number of rotatable bonds is 6. The molecule has 150 valence electrons. The molecule has 7 heteroatoms. The van der Waals surface area contributed by atoms with E-state index in [0.717, 1.165) is 12.1 Å². The number of carbonyl (C=O) groups excluding carboxylic acids is 1. The van der Waals surface area contributed by atoms with Gasteiger partial charge in [-0.1, -0.05) is 30.3 Å². The highest BCUT2D eigenvalue weighted by atomic mass is 32.2. The van der Waals surface area contributed by atoms with Crippen LogP contribution in [0.1, 0.15) is 23.3 Å². The lowest BCUT2D eigenvalue weighted by Crippen LogP contribution is -2.24. The molecule has 3 aromatic carbocycles. The van der Waals surface area contributed by atoms with E-state index in [9.17, 15) is 22.4 Å². The maximum Gasteiger partial charge on any atom is 0.237 e. The van der Waals surface area contributed by atoms with Crippen LogP contribution in [0.5, 0.6) is 0 Å². The average Bonchev–Trinajstić information content (AvgIpc) is 2.70. The number of amides is 1. The molecule has 1 unspecified atom stereocenters. The monoisotopic (exact) mass is 419 g/mol. The Morgan fingerprint density at radius 2 is 1.24 bits per heavy atom. The topological polar surface area (TPSA) is 29.1 Å². The maximum atomic E-state index is 13.8. The molecular formula is C22H17F4NOS. The molecule has 0 heterocycles. The average molecular weight is 419 g/mol. The van der Waals surface area contributed by atoms with Crippen molar-refractivity contribution in [1.29, 1.82) is 0 Å². The molecule has 1 amide bonds. The van der Waals surface area contributed by atoms with E-state index >= 15 is 0 Å². The van der Waals surface area contributed by atoms with E-state index in [0.29, 0.717) is 11.1 Å². The van der Waals surface area contributed by atoms with Crippen LogP contribution in [0.15, 0.2) is 66.7 Å². The van der Waals surface area contributed by atoms with Crippen LogP contribution in [0.25, 0.3) is 0 Å². The molecule has 29 heavy (non-hydrogen) atoms. The van der Waals surface area contributed by atoms with E-state index < -0.39 is 45.4 Å². The second-order valence-electron chi connectivity index (χ2n) is 6.35. The zero-order valence-electron chi connectivity index (χ0n) is 15.3. The number of para-hydroxylation sites is 1. The molecule has 0 aliphatic carbocycles. The van der Waals surface area contributed by atoms with E-state index in [-0.39, 0.29) is 0 Å². The summed E-state index contributed by atoms with van der Waals surface area (Å²) in [7, 11) is 0. The lowest BCUT2D eigenvalue weighted by Gasteiger charge is -2.22. The fourth-order valence-corrected chi connectivity index (χ4v) is 3.95. The summed E-state index contributed by atoms with van der Waals surface area (Å²) in [5.74, 6) is -3.14. The van der Waals surface area contributed by atoms with Gasteiger partial charge < -0.3 is 5.32 Å². The Kier molecular flexibility index (Phi) is 6.59. The van der Waals surface area contributed by atoms with Crippen LogP contribution < -0.4 is 5.32 Å². The van der Waals surface area contributed by atoms with Gasteiger partial charge in [0.05, 0.1) is 10.5 Å². The Morgan fingerprint density at radius 1 is 0.793 bits per heavy atom. The minimum atomic E-state index is -0.871. The minimum Gasteiger partial charge on any atom is -0.320 e. The van der Waals surface area contributed by atoms with Crippen molar-refractivity contribution in [1.82, 2.24) is 0 Å². The Morgan fingerprint density at radius 3 is 1.69 bits per heavy atom. The van der Waals surface area contributed by atoms with Crippen molar-refractivity contribution >= 4 is 23.4 Å². The van der Waals surface area contributed by atoms with Crippen molar-refractivity contribution in [3.8, 4) is 0 Å². The normalized spacial score (nSPS) is 12.1. The van der Waals surface area contributed by atoms with Crippen LogP contribution in [-0.4, -0.2) is 11.2 Å². The summed E-state index contributed by atoms with van der Waals surface area (Å²) in [6.45, 7) is 1.60. The highest BCUT2D eigenvalue weighted by molar-refractivity contribution is 8.01. The third-order valence-corrected chi connectivity index (χ3v) is 5.70. The molecule has 0 fully saturated rings. The molecule has 3 rings (SSSR count). The summed E-state index contributed by atoms with van der Waals surface area (Å²) in [5.41, 5.74) is 0.907. The van der Waals surface area contributed by atoms with E-state index in [1.807, 2.05) is 0 Å². The van der Waals surface area contributed by atoms with Gasteiger partial charge in [-0.3, -0.25) is 4.79 Å². The lowest BCUT2D eigenvalue weighted by atomic mass is 10.0. The fourth-order valence-electron chi connectivity index (χ4n) is 2.73. The number of hydrogen-bond acceptors (Lipinski definition) is 2. The van der Waals surface area contributed by atoms with Gasteiger partial charge in [-0.05, 0) is 54.4 Å². The Balaban J connectivity index is 1.83.